The summed E-state index contributed by atoms with van der Waals surface area (Å²) >= 11 is 0. The Morgan fingerprint density at radius 1 is 0.771 bits per heavy atom. The first-order valence-corrected chi connectivity index (χ1v) is 16.4. The summed E-state index contributed by atoms with van der Waals surface area (Å²) in [5.41, 5.74) is 16.0. The molecule has 0 radical (unpaired) electrons. The van der Waals surface area contributed by atoms with Gasteiger partial charge in [0.05, 0.1) is 48.6 Å². The van der Waals surface area contributed by atoms with Gasteiger partial charge in [0, 0.05) is 41.0 Å². The number of rotatable bonds is 9. The number of nitrogens with zero attached hydrogens (tertiary/aromatic N) is 3. The number of H-pyrrole nitrogens is 2. The van der Waals surface area contributed by atoms with Crippen molar-refractivity contribution in [1.82, 2.24) is 19.9 Å². The molecule has 48 heavy (non-hydrogen) atoms. The zero-order valence-corrected chi connectivity index (χ0v) is 29.1. The van der Waals surface area contributed by atoms with E-state index in [-0.39, 0.29) is 24.8 Å². The Kier molecular flexibility index (Phi) is 10.1. The third-order valence-electron chi connectivity index (χ3n) is 9.61. The monoisotopic (exact) mass is 645 g/mol. The number of carbonyl (C=O) groups is 2. The van der Waals surface area contributed by atoms with Gasteiger partial charge in [0.1, 0.15) is 0 Å². The third-order valence-corrected chi connectivity index (χ3v) is 9.61. The van der Waals surface area contributed by atoms with Crippen LogP contribution in [0.2, 0.25) is 0 Å². The number of methoxy groups -OCH3 is 2. The van der Waals surface area contributed by atoms with Gasteiger partial charge in [-0.25, -0.2) is 9.97 Å². The topological polar surface area (TPSA) is 134 Å². The van der Waals surface area contributed by atoms with Gasteiger partial charge in [0.2, 0.25) is 0 Å². The molecule has 0 fully saturated rings. The smallest absolute Gasteiger partial charge is 0.305 e. The predicted molar refractivity (Wildman–Crippen MR) is 191 cm³/mol. The Balaban J connectivity index is 1.98. The van der Waals surface area contributed by atoms with Gasteiger partial charge in [-0.2, -0.15) is 5.26 Å². The number of ether oxygens (including phenoxy) is 2. The molecule has 2 N–H and O–H groups in total. The number of aryl methyl sites for hydroxylation is 4. The number of esters is 2. The molecule has 9 heteroatoms. The van der Waals surface area contributed by atoms with Crippen molar-refractivity contribution in [3.05, 3.63) is 74.9 Å². The molecule has 3 aromatic rings. The van der Waals surface area contributed by atoms with Crippen LogP contribution in [-0.2, 0) is 31.9 Å². The molecule has 9 nitrogen and oxygen atoms in total. The van der Waals surface area contributed by atoms with Crippen molar-refractivity contribution in [3.8, 4) is 6.07 Å². The molecule has 0 aromatic carbocycles. The second-order valence-electron chi connectivity index (χ2n) is 12.2. The van der Waals surface area contributed by atoms with Gasteiger partial charge in [0.15, 0.2) is 0 Å². The van der Waals surface area contributed by atoms with Crippen LogP contribution in [0.25, 0.3) is 50.4 Å². The molecule has 0 spiro atoms. The van der Waals surface area contributed by atoms with Gasteiger partial charge in [-0.3, -0.25) is 9.59 Å². The quantitative estimate of drug-likeness (QED) is 0.176. The summed E-state index contributed by atoms with van der Waals surface area (Å²) in [7, 11) is 2.78. The van der Waals surface area contributed by atoms with Crippen molar-refractivity contribution in [3.63, 3.8) is 0 Å². The third kappa shape index (κ3) is 6.35. The predicted octanol–water partition coefficient (Wildman–Crippen LogP) is 8.36. The highest BCUT2D eigenvalue weighted by Gasteiger charge is 2.24. The molecule has 8 bridgehead atoms. The number of fused-ring (bicyclic) bond motifs is 8. The summed E-state index contributed by atoms with van der Waals surface area (Å²) in [6, 6.07) is 8.38. The summed E-state index contributed by atoms with van der Waals surface area (Å²) in [5, 5.41) is 9.61. The van der Waals surface area contributed by atoms with Gasteiger partial charge in [0.25, 0.3) is 0 Å². The number of nitrogens with one attached hydrogen (secondary N) is 2. The maximum atomic E-state index is 12.3. The van der Waals surface area contributed by atoms with E-state index >= 15 is 0 Å². The molecule has 0 saturated heterocycles. The van der Waals surface area contributed by atoms with Crippen molar-refractivity contribution in [2.45, 2.75) is 80.1 Å². The van der Waals surface area contributed by atoms with E-state index < -0.39 is 0 Å². The van der Waals surface area contributed by atoms with Crippen molar-refractivity contribution in [2.24, 2.45) is 0 Å². The van der Waals surface area contributed by atoms with E-state index in [9.17, 15) is 14.9 Å². The molecule has 5 rings (SSSR count). The standard InChI is InChI=1S/C39H43N5O4/c1-9-25-21(3)30-19-33-26(10-2)23(5)38(43-33)29(12-11-17-40)39-24(6)28(14-16-37(46)48-8)35(44-39)20-34-27(13-15-36(45)47-7)22(4)31(42-34)18-32(25)41-30/h11-12,18-20,41,43H,9-10,13-16H2,1-8H3. The van der Waals surface area contributed by atoms with E-state index in [0.29, 0.717) is 24.2 Å². The van der Waals surface area contributed by atoms with Crippen LogP contribution in [0, 0.1) is 25.2 Å². The average molecular weight is 646 g/mol. The Morgan fingerprint density at radius 2 is 1.35 bits per heavy atom. The van der Waals surface area contributed by atoms with E-state index in [2.05, 4.69) is 55.9 Å². The van der Waals surface area contributed by atoms with Gasteiger partial charge in [-0.15, -0.1) is 0 Å². The lowest BCUT2D eigenvalue weighted by molar-refractivity contribution is -0.141. The van der Waals surface area contributed by atoms with Crippen LogP contribution in [0.1, 0.15) is 104 Å². The van der Waals surface area contributed by atoms with Crippen LogP contribution in [0.4, 0.5) is 0 Å². The summed E-state index contributed by atoms with van der Waals surface area (Å²) in [5.74, 6) is -0.606. The van der Waals surface area contributed by atoms with E-state index in [0.717, 1.165) is 79.7 Å². The number of hydrogen-bond donors (Lipinski definition) is 2. The maximum absolute atomic E-state index is 12.3. The molecular formula is C39H43N5O4. The SMILES string of the molecule is CCc1c(C)c2cc3[nH]c(c(C)c3CC)c(C=CC#N)c3nc(cc4nc(cc1[nH]2)C(C)=C4CCC(=O)OC)C(CCC(=O)OC)=C3C. The molecule has 2 aliphatic heterocycles. The summed E-state index contributed by atoms with van der Waals surface area (Å²) in [4.78, 5) is 42.3. The minimum Gasteiger partial charge on any atom is -0.469 e. The number of nitriles is 1. The molecule has 0 aliphatic carbocycles. The largest absolute Gasteiger partial charge is 0.469 e. The van der Waals surface area contributed by atoms with E-state index in [1.165, 1.54) is 37.0 Å². The fourth-order valence-corrected chi connectivity index (χ4v) is 6.88. The van der Waals surface area contributed by atoms with Gasteiger partial charge in [-0.1, -0.05) is 13.8 Å². The van der Waals surface area contributed by atoms with E-state index in [1.807, 2.05) is 19.9 Å². The minimum atomic E-state index is -0.312. The number of carbonyl (C=O) groups excluding carboxylic acids is 2. The highest BCUT2D eigenvalue weighted by Crippen LogP contribution is 2.40. The average Bonchev–Trinajstić information content (AvgIpc) is 3.75. The normalized spacial score (nSPS) is 13.0. The molecule has 248 valence electrons. The molecule has 0 amide bonds. The molecule has 5 heterocycles. The molecule has 3 aromatic heterocycles. The second kappa shape index (κ2) is 14.3. The van der Waals surface area contributed by atoms with Crippen LogP contribution < -0.4 is 0 Å². The Morgan fingerprint density at radius 3 is 1.96 bits per heavy atom. The lowest BCUT2D eigenvalue weighted by atomic mass is 9.97. The highest BCUT2D eigenvalue weighted by atomic mass is 16.5. The van der Waals surface area contributed by atoms with Crippen molar-refractivity contribution >= 4 is 62.4 Å². The second-order valence-corrected chi connectivity index (χ2v) is 12.2. The zero-order chi connectivity index (χ0) is 34.7. The van der Waals surface area contributed by atoms with E-state index in [4.69, 9.17) is 19.4 Å². The first kappa shape index (κ1) is 34.1. The molecule has 0 unspecified atom stereocenters. The fraction of sp³-hybridized carbons (Fsp3) is 0.359. The Hall–Kier alpha value is -5.23. The Labute approximate surface area is 281 Å². The van der Waals surface area contributed by atoms with Crippen LogP contribution >= 0.6 is 0 Å². The summed E-state index contributed by atoms with van der Waals surface area (Å²) in [6.45, 7) is 12.6. The minimum absolute atomic E-state index is 0.184. The molecule has 0 saturated carbocycles. The van der Waals surface area contributed by atoms with Crippen LogP contribution in [0.5, 0.6) is 0 Å². The van der Waals surface area contributed by atoms with Crippen molar-refractivity contribution < 1.29 is 19.1 Å². The summed E-state index contributed by atoms with van der Waals surface area (Å²) < 4.78 is 9.96. The lowest BCUT2D eigenvalue weighted by Crippen LogP contribution is -2.01. The highest BCUT2D eigenvalue weighted by molar-refractivity contribution is 5.99. The fourth-order valence-electron chi connectivity index (χ4n) is 6.88. The molecular weight excluding hydrogens is 602 g/mol. The van der Waals surface area contributed by atoms with Crippen LogP contribution in [0.15, 0.2) is 24.3 Å². The number of aromatic amines is 2. The molecule has 2 aliphatic rings. The van der Waals surface area contributed by atoms with Crippen molar-refractivity contribution in [2.75, 3.05) is 14.2 Å². The number of allylic oxidation sites excluding steroid dienone is 5. The van der Waals surface area contributed by atoms with Crippen LogP contribution in [0.3, 0.4) is 0 Å². The van der Waals surface area contributed by atoms with E-state index in [1.54, 1.807) is 6.08 Å². The number of hydrogen-bond acceptors (Lipinski definition) is 7. The summed E-state index contributed by atoms with van der Waals surface area (Å²) in [6.07, 6.45) is 6.19. The van der Waals surface area contributed by atoms with Gasteiger partial charge >= 0.3 is 11.9 Å². The van der Waals surface area contributed by atoms with Gasteiger partial charge in [-0.05, 0) is 122 Å². The first-order chi connectivity index (χ1) is 23.1. The molecule has 0 atom stereocenters. The lowest BCUT2D eigenvalue weighted by Gasteiger charge is -2.06. The zero-order valence-electron chi connectivity index (χ0n) is 29.1. The van der Waals surface area contributed by atoms with Gasteiger partial charge < -0.3 is 19.4 Å². The number of aromatic nitrogens is 4. The van der Waals surface area contributed by atoms with Crippen molar-refractivity contribution in [1.29, 1.82) is 5.26 Å². The maximum Gasteiger partial charge on any atom is 0.305 e. The van der Waals surface area contributed by atoms with Crippen LogP contribution in [-0.4, -0.2) is 46.1 Å². The Bertz CT molecular complexity index is 2120. The first-order valence-electron chi connectivity index (χ1n) is 16.4.